The Kier molecular flexibility index (Phi) is 9.31. The molecule has 6 heterocycles. The normalized spacial score (nSPS) is 13.0. The molecule has 4 nitrogen and oxygen atoms in total. The van der Waals surface area contributed by atoms with Gasteiger partial charge < -0.3 is 17.9 Å². The first kappa shape index (κ1) is 48.0. The first-order valence-corrected chi connectivity index (χ1v) is 30.4. The lowest BCUT2D eigenvalue weighted by Gasteiger charge is -2.22. The van der Waals surface area contributed by atoms with Crippen molar-refractivity contribution in [3.05, 3.63) is 254 Å². The van der Waals surface area contributed by atoms with Crippen LogP contribution in [0.1, 0.15) is 52.7 Å². The molecule has 0 saturated carbocycles. The van der Waals surface area contributed by atoms with Crippen molar-refractivity contribution in [3.63, 3.8) is 0 Å². The van der Waals surface area contributed by atoms with Crippen LogP contribution < -0.4 is 0 Å². The Morgan fingerprint density at radius 1 is 0.244 bits per heavy atom. The summed E-state index contributed by atoms with van der Waals surface area (Å²) in [6.45, 7) is 14.2. The molecule has 0 aliphatic rings. The van der Waals surface area contributed by atoms with Gasteiger partial charge in [0.1, 0.15) is 0 Å². The summed E-state index contributed by atoms with van der Waals surface area (Å²) >= 11 is 0. The van der Waals surface area contributed by atoms with Gasteiger partial charge in [-0.1, -0.05) is 175 Å². The molecule has 0 fully saturated rings. The van der Waals surface area contributed by atoms with Crippen molar-refractivity contribution < 1.29 is 0 Å². The van der Waals surface area contributed by atoms with Crippen LogP contribution in [0.4, 0.5) is 0 Å². The summed E-state index contributed by atoms with van der Waals surface area (Å²) in [5.74, 6) is 0. The fourth-order valence-corrected chi connectivity index (χ4v) is 15.6. The Hall–Kier alpha value is -10.4. The molecule has 0 saturated heterocycles. The van der Waals surface area contributed by atoms with Gasteiger partial charge in [0.05, 0.1) is 55.2 Å². The van der Waals surface area contributed by atoms with E-state index >= 15 is 0 Å². The van der Waals surface area contributed by atoms with Gasteiger partial charge in [-0.05, 0) is 164 Å². The van der Waals surface area contributed by atoms with Crippen LogP contribution in [0.25, 0.3) is 175 Å². The number of hydrogen-bond donors (Lipinski definition) is 0. The van der Waals surface area contributed by atoms with E-state index in [-0.39, 0.29) is 10.8 Å². The lowest BCUT2D eigenvalue weighted by atomic mass is 9.83. The van der Waals surface area contributed by atoms with Gasteiger partial charge in [0.25, 0.3) is 0 Å². The SMILES string of the molecule is CC(C)(C)c1cc(-c2ccc3c(c2)c2ccccc2n3-c2ccccc2)c2c(c1)c1cc(C(C)(C)C)cc3c4cc5c(cc4n2c31)c1cc2ccccc2c2c3c4ccccc4cc(-c4ccc6c(c4)c4ccccc4n6-c4ccccc4)c3n5c12. The van der Waals surface area contributed by atoms with Gasteiger partial charge in [-0.25, -0.2) is 0 Å². The molecule has 406 valence electrons. The molecule has 0 atom stereocenters. The monoisotopic (exact) mass is 1100 g/mol. The Labute approximate surface area is 496 Å². The Balaban J connectivity index is 0.963. The van der Waals surface area contributed by atoms with Gasteiger partial charge in [-0.2, -0.15) is 0 Å². The third-order valence-corrected chi connectivity index (χ3v) is 19.6. The zero-order valence-electron chi connectivity index (χ0n) is 48.9. The van der Waals surface area contributed by atoms with Crippen LogP contribution in [0.2, 0.25) is 0 Å². The maximum atomic E-state index is 2.68. The molecule has 0 amide bonds. The molecule has 19 aromatic rings. The summed E-state index contributed by atoms with van der Waals surface area (Å²) < 4.78 is 10.2. The van der Waals surface area contributed by atoms with Crippen molar-refractivity contribution >= 4 is 141 Å². The number of hydrogen-bond acceptors (Lipinski definition) is 0. The van der Waals surface area contributed by atoms with Crippen LogP contribution in [0, 0.1) is 0 Å². The van der Waals surface area contributed by atoms with Crippen LogP contribution in [-0.2, 0) is 10.8 Å². The second kappa shape index (κ2) is 16.7. The summed E-state index contributed by atoms with van der Waals surface area (Å²) in [6.07, 6.45) is 0. The second-order valence-electron chi connectivity index (χ2n) is 26.5. The average Bonchev–Trinajstić information content (AvgIpc) is 1.54. The summed E-state index contributed by atoms with van der Waals surface area (Å²) in [7, 11) is 0. The molecule has 6 aromatic heterocycles. The molecule has 0 N–H and O–H groups in total. The quantitative estimate of drug-likeness (QED) is 0.167. The summed E-state index contributed by atoms with van der Waals surface area (Å²) in [6, 6.07) is 92.3. The van der Waals surface area contributed by atoms with E-state index in [4.69, 9.17) is 0 Å². The lowest BCUT2D eigenvalue weighted by molar-refractivity contribution is 0.591. The number of fused-ring (bicyclic) bond motifs is 22. The number of aromatic nitrogens is 4. The zero-order chi connectivity index (χ0) is 57.2. The summed E-state index contributed by atoms with van der Waals surface area (Å²) in [4.78, 5) is 0. The van der Waals surface area contributed by atoms with Crippen LogP contribution in [0.5, 0.6) is 0 Å². The van der Waals surface area contributed by atoms with E-state index in [1.54, 1.807) is 0 Å². The van der Waals surface area contributed by atoms with Crippen molar-refractivity contribution in [3.8, 4) is 33.6 Å². The number of benzene rings is 13. The van der Waals surface area contributed by atoms with Gasteiger partial charge in [-0.15, -0.1) is 0 Å². The van der Waals surface area contributed by atoms with Gasteiger partial charge in [0.15, 0.2) is 0 Å². The van der Waals surface area contributed by atoms with Crippen molar-refractivity contribution in [2.24, 2.45) is 0 Å². The number of para-hydroxylation sites is 4. The van der Waals surface area contributed by atoms with Crippen LogP contribution in [0.3, 0.4) is 0 Å². The van der Waals surface area contributed by atoms with Crippen LogP contribution in [0.15, 0.2) is 243 Å². The van der Waals surface area contributed by atoms with Gasteiger partial charge in [0, 0.05) is 87.1 Å². The fraction of sp³-hybridized carbons (Fsp3) is 0.0976. The number of nitrogens with zero attached hydrogens (tertiary/aromatic N) is 4. The van der Waals surface area contributed by atoms with Crippen molar-refractivity contribution in [1.82, 2.24) is 17.9 Å². The molecule has 13 aromatic carbocycles. The minimum atomic E-state index is -0.106. The molecular weight excluding hydrogens is 1040 g/mol. The van der Waals surface area contributed by atoms with E-state index in [0.29, 0.717) is 0 Å². The Bertz CT molecular complexity index is 6130. The maximum absolute atomic E-state index is 2.68. The van der Waals surface area contributed by atoms with E-state index in [9.17, 15) is 0 Å². The standard InChI is InChI=1S/C82H58N4/c1-81(2,3)51-41-60(50-34-36-72-62(39-50)58-30-18-20-32-70(58)84(72)54-25-11-8-12-26-54)77-67(43-51)68-44-52(82(4,5)6)42-66-64-46-74-63(45-73(64)85(77)78(66)68)65-40-48-22-14-16-28-56(48)76-75-55-27-15-13-21-47(55)37-59(79(75)86(74)80(65)76)49-33-35-71-61(38-49)57-29-17-19-31-69(57)83(71)53-23-9-7-10-24-53/h7-46H,1-6H3. The topological polar surface area (TPSA) is 18.7 Å². The molecule has 0 aliphatic heterocycles. The Morgan fingerprint density at radius 3 is 1.16 bits per heavy atom. The van der Waals surface area contributed by atoms with Gasteiger partial charge in [0.2, 0.25) is 0 Å². The summed E-state index contributed by atoms with van der Waals surface area (Å²) in [5, 5.41) is 20.4. The first-order chi connectivity index (χ1) is 41.9. The third-order valence-electron chi connectivity index (χ3n) is 19.6. The highest BCUT2D eigenvalue weighted by Gasteiger charge is 2.30. The third kappa shape index (κ3) is 6.32. The van der Waals surface area contributed by atoms with Crippen LogP contribution in [-0.4, -0.2) is 17.9 Å². The first-order valence-electron chi connectivity index (χ1n) is 30.4. The van der Waals surface area contributed by atoms with E-state index in [2.05, 4.69) is 302 Å². The van der Waals surface area contributed by atoms with E-state index in [1.165, 1.54) is 180 Å². The molecular formula is C82H58N4. The molecule has 4 heteroatoms. The van der Waals surface area contributed by atoms with Gasteiger partial charge >= 0.3 is 0 Å². The summed E-state index contributed by atoms with van der Waals surface area (Å²) in [5.41, 5.74) is 22.1. The molecule has 0 unspecified atom stereocenters. The van der Waals surface area contributed by atoms with E-state index < -0.39 is 0 Å². The molecule has 19 rings (SSSR count). The minimum Gasteiger partial charge on any atom is -0.309 e. The molecule has 0 radical (unpaired) electrons. The lowest BCUT2D eigenvalue weighted by Crippen LogP contribution is -2.11. The van der Waals surface area contributed by atoms with Crippen molar-refractivity contribution in [2.75, 3.05) is 0 Å². The zero-order valence-corrected chi connectivity index (χ0v) is 48.9. The van der Waals surface area contributed by atoms with Crippen LogP contribution >= 0.6 is 0 Å². The highest BCUT2D eigenvalue weighted by Crippen LogP contribution is 2.52. The maximum Gasteiger partial charge on any atom is 0.0627 e. The number of rotatable bonds is 4. The highest BCUT2D eigenvalue weighted by atomic mass is 15.0. The minimum absolute atomic E-state index is 0.104. The predicted molar refractivity (Wildman–Crippen MR) is 368 cm³/mol. The average molecular weight is 1100 g/mol. The highest BCUT2D eigenvalue weighted by molar-refractivity contribution is 6.38. The van der Waals surface area contributed by atoms with E-state index in [1.807, 2.05) is 0 Å². The second-order valence-corrected chi connectivity index (χ2v) is 26.5. The van der Waals surface area contributed by atoms with Crippen molar-refractivity contribution in [1.29, 1.82) is 0 Å². The molecule has 0 aliphatic carbocycles. The fourth-order valence-electron chi connectivity index (χ4n) is 15.6. The van der Waals surface area contributed by atoms with E-state index in [0.717, 1.165) is 5.69 Å². The molecule has 0 bridgehead atoms. The predicted octanol–water partition coefficient (Wildman–Crippen LogP) is 22.4. The smallest absolute Gasteiger partial charge is 0.0627 e. The molecule has 0 spiro atoms. The molecule has 86 heavy (non-hydrogen) atoms. The largest absolute Gasteiger partial charge is 0.309 e. The van der Waals surface area contributed by atoms with Gasteiger partial charge in [-0.3, -0.25) is 0 Å². The Morgan fingerprint density at radius 2 is 0.628 bits per heavy atom. The van der Waals surface area contributed by atoms with Crippen molar-refractivity contribution in [2.45, 2.75) is 52.4 Å².